The first-order valence-electron chi connectivity index (χ1n) is 7.56. The van der Waals surface area contributed by atoms with Gasteiger partial charge in [0.15, 0.2) is 0 Å². The van der Waals surface area contributed by atoms with E-state index in [2.05, 4.69) is 5.32 Å². The van der Waals surface area contributed by atoms with Crippen molar-refractivity contribution in [2.75, 3.05) is 13.2 Å². The molecule has 1 aliphatic heterocycles. The summed E-state index contributed by atoms with van der Waals surface area (Å²) in [5, 5.41) is 2.48. The Morgan fingerprint density at radius 3 is 2.70 bits per heavy atom. The van der Waals surface area contributed by atoms with E-state index in [-0.39, 0.29) is 31.8 Å². The topological polar surface area (TPSA) is 84.9 Å². The second-order valence-electron chi connectivity index (χ2n) is 5.61. The lowest BCUT2D eigenvalue weighted by Crippen LogP contribution is -2.51. The molecule has 1 heterocycles. The summed E-state index contributed by atoms with van der Waals surface area (Å²) < 4.78 is 10.3. The molecule has 0 bridgehead atoms. The molecular weight excluding hydrogens is 300 g/mol. The van der Waals surface area contributed by atoms with E-state index in [1.807, 2.05) is 30.3 Å². The molecule has 1 atom stereocenters. The van der Waals surface area contributed by atoms with Crippen LogP contribution >= 0.6 is 0 Å². The SMILES string of the molecule is O=C(NC1COCC(=O)N(C2CC2)C1=O)OCc1ccccc1. The zero-order valence-corrected chi connectivity index (χ0v) is 12.6. The van der Waals surface area contributed by atoms with E-state index < -0.39 is 18.0 Å². The Kier molecular flexibility index (Phi) is 4.57. The van der Waals surface area contributed by atoms with Crippen molar-refractivity contribution in [2.45, 2.75) is 31.5 Å². The molecular formula is C16H18N2O5. The third-order valence-corrected chi connectivity index (χ3v) is 3.73. The Morgan fingerprint density at radius 1 is 1.26 bits per heavy atom. The van der Waals surface area contributed by atoms with Gasteiger partial charge < -0.3 is 14.8 Å². The van der Waals surface area contributed by atoms with Gasteiger partial charge in [0.2, 0.25) is 0 Å². The summed E-state index contributed by atoms with van der Waals surface area (Å²) in [4.78, 5) is 37.4. The average Bonchev–Trinajstić information content (AvgIpc) is 3.38. The van der Waals surface area contributed by atoms with E-state index in [9.17, 15) is 14.4 Å². The molecule has 1 saturated carbocycles. The van der Waals surface area contributed by atoms with Crippen LogP contribution in [0, 0.1) is 0 Å². The maximum Gasteiger partial charge on any atom is 0.408 e. The number of alkyl carbamates (subject to hydrolysis) is 1. The maximum absolute atomic E-state index is 12.4. The molecule has 7 nitrogen and oxygen atoms in total. The molecule has 1 saturated heterocycles. The summed E-state index contributed by atoms with van der Waals surface area (Å²) in [5.41, 5.74) is 0.848. The third kappa shape index (κ3) is 3.87. The molecule has 3 amide bonds. The highest BCUT2D eigenvalue weighted by Crippen LogP contribution is 2.28. The molecule has 7 heteroatoms. The smallest absolute Gasteiger partial charge is 0.408 e. The van der Waals surface area contributed by atoms with Gasteiger partial charge in [-0.3, -0.25) is 14.5 Å². The van der Waals surface area contributed by atoms with Crippen molar-refractivity contribution in [3.05, 3.63) is 35.9 Å². The Labute approximate surface area is 133 Å². The first-order valence-corrected chi connectivity index (χ1v) is 7.56. The first-order chi connectivity index (χ1) is 11.1. The molecule has 1 aromatic rings. The summed E-state index contributed by atoms with van der Waals surface area (Å²) in [6.07, 6.45) is 0.909. The second kappa shape index (κ2) is 6.78. The van der Waals surface area contributed by atoms with E-state index >= 15 is 0 Å². The highest BCUT2D eigenvalue weighted by molar-refractivity contribution is 6.00. The minimum atomic E-state index is -0.898. The fraction of sp³-hybridized carbons (Fsp3) is 0.438. The Balaban J connectivity index is 1.56. The van der Waals surface area contributed by atoms with Gasteiger partial charge in [-0.05, 0) is 18.4 Å². The van der Waals surface area contributed by atoms with Crippen LogP contribution in [0.4, 0.5) is 4.79 Å². The molecule has 1 aliphatic carbocycles. The zero-order chi connectivity index (χ0) is 16.2. The van der Waals surface area contributed by atoms with Crippen molar-refractivity contribution in [1.82, 2.24) is 10.2 Å². The van der Waals surface area contributed by atoms with Gasteiger partial charge in [-0.15, -0.1) is 0 Å². The van der Waals surface area contributed by atoms with Crippen LogP contribution in [-0.2, 0) is 25.7 Å². The normalized spacial score (nSPS) is 21.7. The van der Waals surface area contributed by atoms with Crippen LogP contribution < -0.4 is 5.32 Å². The number of hydrogen-bond donors (Lipinski definition) is 1. The van der Waals surface area contributed by atoms with Crippen molar-refractivity contribution >= 4 is 17.9 Å². The highest BCUT2D eigenvalue weighted by Gasteiger charge is 2.42. The Morgan fingerprint density at radius 2 is 2.00 bits per heavy atom. The van der Waals surface area contributed by atoms with E-state index in [0.29, 0.717) is 0 Å². The van der Waals surface area contributed by atoms with E-state index in [1.54, 1.807) is 0 Å². The molecule has 1 N–H and O–H groups in total. The molecule has 0 radical (unpaired) electrons. The van der Waals surface area contributed by atoms with Gasteiger partial charge in [0.1, 0.15) is 19.3 Å². The van der Waals surface area contributed by atoms with Crippen LogP contribution in [0.3, 0.4) is 0 Å². The quantitative estimate of drug-likeness (QED) is 0.831. The average molecular weight is 318 g/mol. The summed E-state index contributed by atoms with van der Waals surface area (Å²) in [7, 11) is 0. The number of amides is 3. The lowest BCUT2D eigenvalue weighted by molar-refractivity contribution is -0.145. The van der Waals surface area contributed by atoms with Gasteiger partial charge in [-0.1, -0.05) is 30.3 Å². The van der Waals surface area contributed by atoms with Gasteiger partial charge in [-0.25, -0.2) is 4.79 Å². The minimum Gasteiger partial charge on any atom is -0.445 e. The van der Waals surface area contributed by atoms with Gasteiger partial charge in [0.05, 0.1) is 6.61 Å². The van der Waals surface area contributed by atoms with E-state index in [0.717, 1.165) is 18.4 Å². The van der Waals surface area contributed by atoms with Crippen LogP contribution in [0.5, 0.6) is 0 Å². The number of imide groups is 1. The molecule has 2 fully saturated rings. The van der Waals surface area contributed by atoms with Crippen molar-refractivity contribution in [3.8, 4) is 0 Å². The number of carbonyl (C=O) groups is 3. The molecule has 0 aromatic heterocycles. The lowest BCUT2D eigenvalue weighted by Gasteiger charge is -2.21. The number of carbonyl (C=O) groups excluding carboxylic acids is 3. The van der Waals surface area contributed by atoms with E-state index in [4.69, 9.17) is 9.47 Å². The van der Waals surface area contributed by atoms with Crippen LogP contribution in [-0.4, -0.2) is 48.1 Å². The van der Waals surface area contributed by atoms with Gasteiger partial charge in [-0.2, -0.15) is 0 Å². The predicted octanol–water partition coefficient (Wildman–Crippen LogP) is 0.829. The standard InChI is InChI=1S/C16H18N2O5/c19-14-10-22-9-13(15(20)18(14)12-6-7-12)17-16(21)23-8-11-4-2-1-3-5-11/h1-5,12-13H,6-10H2,(H,17,21). The number of hydrogen-bond acceptors (Lipinski definition) is 5. The fourth-order valence-electron chi connectivity index (χ4n) is 2.42. The Hall–Kier alpha value is -2.41. The molecule has 2 aliphatic rings. The molecule has 122 valence electrons. The molecule has 3 rings (SSSR count). The van der Waals surface area contributed by atoms with E-state index in [1.165, 1.54) is 4.90 Å². The Bertz CT molecular complexity index is 600. The number of ether oxygens (including phenoxy) is 2. The second-order valence-corrected chi connectivity index (χ2v) is 5.61. The first kappa shape index (κ1) is 15.5. The predicted molar refractivity (Wildman–Crippen MR) is 79.2 cm³/mol. The largest absolute Gasteiger partial charge is 0.445 e. The maximum atomic E-state index is 12.4. The van der Waals surface area contributed by atoms with Crippen LogP contribution in [0.25, 0.3) is 0 Å². The zero-order valence-electron chi connectivity index (χ0n) is 12.6. The molecule has 1 aromatic carbocycles. The summed E-state index contributed by atoms with van der Waals surface area (Å²) in [6.45, 7) is -0.0621. The van der Waals surface area contributed by atoms with Gasteiger partial charge >= 0.3 is 6.09 Å². The van der Waals surface area contributed by atoms with Crippen molar-refractivity contribution in [3.63, 3.8) is 0 Å². The molecule has 1 unspecified atom stereocenters. The number of nitrogens with one attached hydrogen (secondary N) is 1. The minimum absolute atomic E-state index is 0.0335. The number of nitrogens with zero attached hydrogens (tertiary/aromatic N) is 1. The van der Waals surface area contributed by atoms with Gasteiger partial charge in [0.25, 0.3) is 11.8 Å². The summed E-state index contributed by atoms with van der Waals surface area (Å²) in [5.74, 6) is -0.772. The van der Waals surface area contributed by atoms with Crippen molar-refractivity contribution in [1.29, 1.82) is 0 Å². The fourth-order valence-corrected chi connectivity index (χ4v) is 2.42. The van der Waals surface area contributed by atoms with Crippen LogP contribution in [0.2, 0.25) is 0 Å². The van der Waals surface area contributed by atoms with Crippen molar-refractivity contribution < 1.29 is 23.9 Å². The monoisotopic (exact) mass is 318 g/mol. The third-order valence-electron chi connectivity index (χ3n) is 3.73. The highest BCUT2D eigenvalue weighted by atomic mass is 16.5. The lowest BCUT2D eigenvalue weighted by atomic mass is 10.2. The van der Waals surface area contributed by atoms with Crippen molar-refractivity contribution in [2.24, 2.45) is 0 Å². The number of benzene rings is 1. The van der Waals surface area contributed by atoms with Gasteiger partial charge in [0, 0.05) is 6.04 Å². The molecule has 23 heavy (non-hydrogen) atoms. The van der Waals surface area contributed by atoms with Crippen LogP contribution in [0.15, 0.2) is 30.3 Å². The summed E-state index contributed by atoms with van der Waals surface area (Å²) in [6, 6.07) is 8.28. The number of rotatable bonds is 4. The van der Waals surface area contributed by atoms with Crippen LogP contribution in [0.1, 0.15) is 18.4 Å². The molecule has 0 spiro atoms. The summed E-state index contributed by atoms with van der Waals surface area (Å²) >= 11 is 0.